The molecule has 23 heavy (non-hydrogen) atoms. The highest BCUT2D eigenvalue weighted by Gasteiger charge is 2.04. The van der Waals surface area contributed by atoms with Gasteiger partial charge < -0.3 is 10.1 Å². The SMILES string of the molecule is O=C(/C=C/c1ccccc1)OCCNc1ccc([N+](=O)[O-])cn1. The van der Waals surface area contributed by atoms with Gasteiger partial charge in [-0.15, -0.1) is 0 Å². The van der Waals surface area contributed by atoms with Crippen molar-refractivity contribution in [3.8, 4) is 0 Å². The van der Waals surface area contributed by atoms with Gasteiger partial charge in [0.15, 0.2) is 0 Å². The Bertz CT molecular complexity index is 684. The zero-order valence-electron chi connectivity index (χ0n) is 12.2. The zero-order valence-corrected chi connectivity index (χ0v) is 12.2. The highest BCUT2D eigenvalue weighted by molar-refractivity contribution is 5.87. The molecular formula is C16H15N3O4. The van der Waals surface area contributed by atoms with Crippen LogP contribution in [0.1, 0.15) is 5.56 Å². The van der Waals surface area contributed by atoms with E-state index in [9.17, 15) is 14.9 Å². The first-order chi connectivity index (χ1) is 11.1. The number of nitro groups is 1. The normalized spacial score (nSPS) is 10.4. The molecule has 1 aromatic heterocycles. The first kappa shape index (κ1) is 16.2. The molecule has 0 saturated carbocycles. The minimum atomic E-state index is -0.516. The van der Waals surface area contributed by atoms with Gasteiger partial charge in [-0.3, -0.25) is 10.1 Å². The van der Waals surface area contributed by atoms with Crippen molar-refractivity contribution in [1.29, 1.82) is 0 Å². The summed E-state index contributed by atoms with van der Waals surface area (Å²) >= 11 is 0. The Morgan fingerprint density at radius 3 is 2.70 bits per heavy atom. The van der Waals surface area contributed by atoms with Gasteiger partial charge in [0.25, 0.3) is 5.69 Å². The van der Waals surface area contributed by atoms with Crippen molar-refractivity contribution in [2.75, 3.05) is 18.5 Å². The Labute approximate surface area is 132 Å². The Morgan fingerprint density at radius 1 is 1.26 bits per heavy atom. The van der Waals surface area contributed by atoms with E-state index >= 15 is 0 Å². The topological polar surface area (TPSA) is 94.4 Å². The number of nitrogens with one attached hydrogen (secondary N) is 1. The Hall–Kier alpha value is -3.22. The molecule has 0 radical (unpaired) electrons. The summed E-state index contributed by atoms with van der Waals surface area (Å²) in [5.74, 6) is 0.0405. The second kappa shape index (κ2) is 8.28. The van der Waals surface area contributed by atoms with Crippen molar-refractivity contribution < 1.29 is 14.5 Å². The summed E-state index contributed by atoms with van der Waals surface area (Å²) in [5.41, 5.74) is 0.839. The lowest BCUT2D eigenvalue weighted by molar-refractivity contribution is -0.385. The first-order valence-electron chi connectivity index (χ1n) is 6.89. The molecule has 0 fully saturated rings. The van der Waals surface area contributed by atoms with Gasteiger partial charge in [-0.25, -0.2) is 9.78 Å². The van der Waals surface area contributed by atoms with E-state index in [1.807, 2.05) is 30.3 Å². The van der Waals surface area contributed by atoms with E-state index in [4.69, 9.17) is 4.74 Å². The van der Waals surface area contributed by atoms with Crippen LogP contribution in [0.3, 0.4) is 0 Å². The minimum Gasteiger partial charge on any atom is -0.461 e. The highest BCUT2D eigenvalue weighted by atomic mass is 16.6. The van der Waals surface area contributed by atoms with E-state index in [0.29, 0.717) is 12.4 Å². The molecule has 0 aliphatic carbocycles. The summed E-state index contributed by atoms with van der Waals surface area (Å²) in [5, 5.41) is 13.4. The standard InChI is InChI=1S/C16H15N3O4/c20-16(9-6-13-4-2-1-3-5-13)23-11-10-17-15-8-7-14(12-18-15)19(21)22/h1-9,12H,10-11H2,(H,17,18)/b9-6+. The summed E-state index contributed by atoms with van der Waals surface area (Å²) in [7, 11) is 0. The van der Waals surface area contributed by atoms with Crippen molar-refractivity contribution in [3.63, 3.8) is 0 Å². The second-order valence-corrected chi connectivity index (χ2v) is 4.50. The minimum absolute atomic E-state index is 0.0759. The van der Waals surface area contributed by atoms with Crippen molar-refractivity contribution in [2.45, 2.75) is 0 Å². The molecule has 118 valence electrons. The van der Waals surface area contributed by atoms with E-state index in [0.717, 1.165) is 11.8 Å². The summed E-state index contributed by atoms with van der Waals surface area (Å²) in [6.45, 7) is 0.520. The van der Waals surface area contributed by atoms with E-state index in [-0.39, 0.29) is 12.3 Å². The Morgan fingerprint density at radius 2 is 2.04 bits per heavy atom. The number of nitrogens with zero attached hydrogens (tertiary/aromatic N) is 2. The quantitative estimate of drug-likeness (QED) is 0.278. The van der Waals surface area contributed by atoms with Crippen LogP contribution >= 0.6 is 0 Å². The Kier molecular flexibility index (Phi) is 5.81. The number of rotatable bonds is 7. The average Bonchev–Trinajstić information content (AvgIpc) is 2.58. The summed E-state index contributed by atoms with van der Waals surface area (Å²) in [4.78, 5) is 25.4. The molecule has 1 aromatic carbocycles. The van der Waals surface area contributed by atoms with Gasteiger partial charge in [0.2, 0.25) is 0 Å². The molecule has 1 N–H and O–H groups in total. The summed E-state index contributed by atoms with van der Waals surface area (Å²) in [6.07, 6.45) is 4.20. The van der Waals surface area contributed by atoms with Crippen LogP contribution in [-0.4, -0.2) is 29.0 Å². The largest absolute Gasteiger partial charge is 0.461 e. The molecule has 0 amide bonds. The predicted octanol–water partition coefficient (Wildman–Crippen LogP) is 2.66. The van der Waals surface area contributed by atoms with Gasteiger partial charge in [-0.05, 0) is 17.7 Å². The first-order valence-corrected chi connectivity index (χ1v) is 6.89. The molecule has 2 aromatic rings. The number of carbonyl (C=O) groups excluding carboxylic acids is 1. The van der Waals surface area contributed by atoms with E-state index in [1.165, 1.54) is 18.2 Å². The van der Waals surface area contributed by atoms with Crippen molar-refractivity contribution in [2.24, 2.45) is 0 Å². The molecule has 2 rings (SSSR count). The number of hydrogen-bond acceptors (Lipinski definition) is 6. The molecule has 0 aliphatic rings. The van der Waals surface area contributed by atoms with Gasteiger partial charge in [0.05, 0.1) is 11.5 Å². The third kappa shape index (κ3) is 5.58. The van der Waals surface area contributed by atoms with Gasteiger partial charge in [-0.2, -0.15) is 0 Å². The second-order valence-electron chi connectivity index (χ2n) is 4.50. The number of benzene rings is 1. The molecule has 0 aliphatic heterocycles. The summed E-state index contributed by atoms with van der Waals surface area (Å²) in [6, 6.07) is 12.3. The lowest BCUT2D eigenvalue weighted by Gasteiger charge is -2.05. The zero-order chi connectivity index (χ0) is 16.5. The third-order valence-electron chi connectivity index (χ3n) is 2.82. The number of aromatic nitrogens is 1. The van der Waals surface area contributed by atoms with Crippen LogP contribution in [0.5, 0.6) is 0 Å². The average molecular weight is 313 g/mol. The van der Waals surface area contributed by atoms with Crippen molar-refractivity contribution in [1.82, 2.24) is 4.98 Å². The molecule has 0 unspecified atom stereocenters. The van der Waals surface area contributed by atoms with Gasteiger partial charge in [-0.1, -0.05) is 30.3 Å². The molecule has 0 atom stereocenters. The van der Waals surface area contributed by atoms with Crippen LogP contribution in [0.15, 0.2) is 54.7 Å². The van der Waals surface area contributed by atoms with Crippen molar-refractivity contribution >= 4 is 23.6 Å². The molecule has 1 heterocycles. The number of hydrogen-bond donors (Lipinski definition) is 1. The molecule has 0 saturated heterocycles. The molecule has 7 nitrogen and oxygen atoms in total. The monoisotopic (exact) mass is 313 g/mol. The predicted molar refractivity (Wildman–Crippen MR) is 85.8 cm³/mol. The van der Waals surface area contributed by atoms with Crippen LogP contribution in [0.25, 0.3) is 6.08 Å². The number of esters is 1. The van der Waals surface area contributed by atoms with Crippen LogP contribution in [0.4, 0.5) is 11.5 Å². The number of pyridine rings is 1. The van der Waals surface area contributed by atoms with Gasteiger partial charge in [0, 0.05) is 12.1 Å². The van der Waals surface area contributed by atoms with Crippen LogP contribution in [0, 0.1) is 10.1 Å². The highest BCUT2D eigenvalue weighted by Crippen LogP contribution is 2.11. The van der Waals surface area contributed by atoms with Crippen molar-refractivity contribution in [3.05, 3.63) is 70.4 Å². The maximum absolute atomic E-state index is 11.5. The fraction of sp³-hybridized carbons (Fsp3) is 0.125. The lowest BCUT2D eigenvalue weighted by Crippen LogP contribution is -2.13. The number of anilines is 1. The van der Waals surface area contributed by atoms with E-state index in [1.54, 1.807) is 6.08 Å². The maximum Gasteiger partial charge on any atom is 0.330 e. The van der Waals surface area contributed by atoms with Crippen LogP contribution in [0.2, 0.25) is 0 Å². The lowest BCUT2D eigenvalue weighted by atomic mass is 10.2. The van der Waals surface area contributed by atoms with Gasteiger partial charge >= 0.3 is 5.97 Å². The smallest absolute Gasteiger partial charge is 0.330 e. The number of ether oxygens (including phenoxy) is 1. The van der Waals surface area contributed by atoms with E-state index in [2.05, 4.69) is 10.3 Å². The molecule has 0 bridgehead atoms. The Balaban J connectivity index is 1.69. The number of carbonyl (C=O) groups is 1. The van der Waals surface area contributed by atoms with E-state index < -0.39 is 10.9 Å². The third-order valence-corrected chi connectivity index (χ3v) is 2.82. The van der Waals surface area contributed by atoms with Gasteiger partial charge in [0.1, 0.15) is 18.6 Å². The maximum atomic E-state index is 11.5. The summed E-state index contributed by atoms with van der Waals surface area (Å²) < 4.78 is 5.02. The molecule has 7 heteroatoms. The molecular weight excluding hydrogens is 298 g/mol. The fourth-order valence-corrected chi connectivity index (χ4v) is 1.71. The van der Waals surface area contributed by atoms with Crippen LogP contribution < -0.4 is 5.32 Å². The molecule has 0 spiro atoms. The van der Waals surface area contributed by atoms with Crippen LogP contribution in [-0.2, 0) is 9.53 Å². The fourth-order valence-electron chi connectivity index (χ4n) is 1.71.